The van der Waals surface area contributed by atoms with Crippen LogP contribution in [0, 0.1) is 13.8 Å². The zero-order chi connectivity index (χ0) is 28.6. The highest BCUT2D eigenvalue weighted by atomic mass is 79.9. The van der Waals surface area contributed by atoms with Crippen molar-refractivity contribution in [1.29, 1.82) is 0 Å². The highest BCUT2D eigenvalue weighted by molar-refractivity contribution is 9.10. The number of amides is 2. The molecule has 3 aromatic rings. The van der Waals surface area contributed by atoms with Crippen molar-refractivity contribution in [1.82, 2.24) is 10.2 Å². The lowest BCUT2D eigenvalue weighted by atomic mass is 10.1. The number of hydrogen-bond acceptors (Lipinski definition) is 4. The predicted octanol–water partition coefficient (Wildman–Crippen LogP) is 5.59. The monoisotopic (exact) mass is 613 g/mol. The summed E-state index contributed by atoms with van der Waals surface area (Å²) in [5, 5.41) is 2.90. The number of benzene rings is 3. The molecule has 0 bridgehead atoms. The van der Waals surface area contributed by atoms with Crippen LogP contribution in [-0.4, -0.2) is 44.3 Å². The first-order valence-electron chi connectivity index (χ1n) is 13.0. The first-order chi connectivity index (χ1) is 18.5. The Kier molecular flexibility index (Phi) is 10.7. The fourth-order valence-electron chi connectivity index (χ4n) is 4.17. The Bertz CT molecular complexity index is 1400. The quantitative estimate of drug-likeness (QED) is 0.270. The summed E-state index contributed by atoms with van der Waals surface area (Å²) in [5.74, 6) is -0.760. The van der Waals surface area contributed by atoms with Crippen LogP contribution in [0.2, 0.25) is 0 Å². The SMILES string of the molecule is CCCCNC(=O)C(C)N(Cc1cccc(Br)c1)C(=O)CN(c1cc(C)ccc1C)S(=O)(=O)c1ccccc1. The van der Waals surface area contributed by atoms with Gasteiger partial charge in [-0.15, -0.1) is 0 Å². The Labute approximate surface area is 240 Å². The summed E-state index contributed by atoms with van der Waals surface area (Å²) in [6.45, 7) is 7.60. The highest BCUT2D eigenvalue weighted by Gasteiger charge is 2.33. The molecule has 39 heavy (non-hydrogen) atoms. The Balaban J connectivity index is 2.03. The highest BCUT2D eigenvalue weighted by Crippen LogP contribution is 2.28. The number of halogens is 1. The second-order valence-electron chi connectivity index (χ2n) is 9.59. The van der Waals surface area contributed by atoms with Gasteiger partial charge in [-0.2, -0.15) is 0 Å². The van der Waals surface area contributed by atoms with Gasteiger partial charge in [-0.05, 0) is 74.2 Å². The number of unbranched alkanes of at least 4 members (excludes halogenated alkanes) is 1. The maximum Gasteiger partial charge on any atom is 0.264 e. The number of anilines is 1. The fraction of sp³-hybridized carbons (Fsp3) is 0.333. The van der Waals surface area contributed by atoms with E-state index in [-0.39, 0.29) is 17.3 Å². The molecule has 1 atom stereocenters. The Morgan fingerprint density at radius 3 is 2.36 bits per heavy atom. The lowest BCUT2D eigenvalue weighted by molar-refractivity contribution is -0.139. The summed E-state index contributed by atoms with van der Waals surface area (Å²) in [5.41, 5.74) is 2.83. The van der Waals surface area contributed by atoms with Crippen LogP contribution >= 0.6 is 15.9 Å². The molecule has 3 rings (SSSR count). The molecular formula is C30H36BrN3O4S. The van der Waals surface area contributed by atoms with Crippen molar-refractivity contribution in [3.05, 3.63) is 94.0 Å². The number of hydrogen-bond donors (Lipinski definition) is 1. The van der Waals surface area contributed by atoms with Crippen LogP contribution in [-0.2, 0) is 26.2 Å². The largest absolute Gasteiger partial charge is 0.354 e. The molecule has 0 aliphatic carbocycles. The predicted molar refractivity (Wildman–Crippen MR) is 159 cm³/mol. The van der Waals surface area contributed by atoms with Crippen LogP contribution in [0.4, 0.5) is 5.69 Å². The van der Waals surface area contributed by atoms with Crippen molar-refractivity contribution in [3.8, 4) is 0 Å². The molecular weight excluding hydrogens is 578 g/mol. The molecule has 0 radical (unpaired) electrons. The summed E-state index contributed by atoms with van der Waals surface area (Å²) >= 11 is 3.46. The van der Waals surface area contributed by atoms with Gasteiger partial charge in [0, 0.05) is 17.6 Å². The van der Waals surface area contributed by atoms with E-state index in [0.717, 1.165) is 38.3 Å². The van der Waals surface area contributed by atoms with Crippen molar-refractivity contribution in [2.75, 3.05) is 17.4 Å². The fourth-order valence-corrected chi connectivity index (χ4v) is 6.11. The first-order valence-corrected chi connectivity index (χ1v) is 15.2. The maximum absolute atomic E-state index is 14.0. The zero-order valence-electron chi connectivity index (χ0n) is 22.9. The minimum absolute atomic E-state index is 0.0857. The van der Waals surface area contributed by atoms with Crippen molar-refractivity contribution >= 4 is 43.5 Å². The number of nitrogens with one attached hydrogen (secondary N) is 1. The lowest BCUT2D eigenvalue weighted by Crippen LogP contribution is -2.51. The van der Waals surface area contributed by atoms with E-state index in [0.29, 0.717) is 12.2 Å². The molecule has 7 nitrogen and oxygen atoms in total. The van der Waals surface area contributed by atoms with Crippen LogP contribution in [0.25, 0.3) is 0 Å². The standard InChI is InChI=1S/C30H36BrN3O4S/c1-5-6-17-32-30(36)24(4)33(20-25-11-10-12-26(31)19-25)29(35)21-34(28-18-22(2)15-16-23(28)3)39(37,38)27-13-8-7-9-14-27/h7-16,18-19,24H,5-6,17,20-21H2,1-4H3,(H,32,36). The Hall–Kier alpha value is -3.17. The second-order valence-corrected chi connectivity index (χ2v) is 12.4. The average molecular weight is 615 g/mol. The van der Waals surface area contributed by atoms with E-state index >= 15 is 0 Å². The minimum Gasteiger partial charge on any atom is -0.354 e. The molecule has 0 heterocycles. The Morgan fingerprint density at radius 2 is 1.69 bits per heavy atom. The summed E-state index contributed by atoms with van der Waals surface area (Å²) in [6, 6.07) is 20.3. The van der Waals surface area contributed by atoms with E-state index in [4.69, 9.17) is 0 Å². The lowest BCUT2D eigenvalue weighted by Gasteiger charge is -2.32. The summed E-state index contributed by atoms with van der Waals surface area (Å²) < 4.78 is 29.8. The van der Waals surface area contributed by atoms with Crippen molar-refractivity contribution in [2.24, 2.45) is 0 Å². The molecule has 0 aliphatic rings. The van der Waals surface area contributed by atoms with E-state index in [2.05, 4.69) is 21.2 Å². The summed E-state index contributed by atoms with van der Waals surface area (Å²) in [4.78, 5) is 28.6. The molecule has 1 unspecified atom stereocenters. The number of aryl methyl sites for hydroxylation is 2. The van der Waals surface area contributed by atoms with Gasteiger partial charge in [-0.3, -0.25) is 13.9 Å². The molecule has 2 amide bonds. The summed E-state index contributed by atoms with van der Waals surface area (Å²) in [6.07, 6.45) is 1.76. The molecule has 0 fully saturated rings. The molecule has 3 aromatic carbocycles. The van der Waals surface area contributed by atoms with Gasteiger partial charge in [0.2, 0.25) is 11.8 Å². The van der Waals surface area contributed by atoms with Gasteiger partial charge in [0.25, 0.3) is 10.0 Å². The third-order valence-electron chi connectivity index (χ3n) is 6.48. The van der Waals surface area contributed by atoms with Crippen molar-refractivity contribution < 1.29 is 18.0 Å². The van der Waals surface area contributed by atoms with Gasteiger partial charge in [-0.25, -0.2) is 8.42 Å². The van der Waals surface area contributed by atoms with E-state index in [1.54, 1.807) is 31.2 Å². The summed E-state index contributed by atoms with van der Waals surface area (Å²) in [7, 11) is -4.09. The molecule has 0 aromatic heterocycles. The molecule has 0 spiro atoms. The number of carbonyl (C=O) groups is 2. The number of rotatable bonds is 12. The van der Waals surface area contributed by atoms with Gasteiger partial charge in [0.15, 0.2) is 0 Å². The van der Waals surface area contributed by atoms with Crippen LogP contribution in [0.5, 0.6) is 0 Å². The van der Waals surface area contributed by atoms with E-state index in [9.17, 15) is 18.0 Å². The van der Waals surface area contributed by atoms with Crippen LogP contribution in [0.15, 0.2) is 82.2 Å². The zero-order valence-corrected chi connectivity index (χ0v) is 25.3. The third kappa shape index (κ3) is 7.92. The van der Waals surface area contributed by atoms with Gasteiger partial charge in [0.1, 0.15) is 12.6 Å². The molecule has 208 valence electrons. The molecule has 0 saturated carbocycles. The molecule has 0 aliphatic heterocycles. The smallest absolute Gasteiger partial charge is 0.264 e. The number of sulfonamides is 1. The van der Waals surface area contributed by atoms with Gasteiger partial charge in [0.05, 0.1) is 10.6 Å². The van der Waals surface area contributed by atoms with E-state index < -0.39 is 28.5 Å². The van der Waals surface area contributed by atoms with Crippen molar-refractivity contribution in [3.63, 3.8) is 0 Å². The molecule has 0 saturated heterocycles. The van der Waals surface area contributed by atoms with Gasteiger partial charge in [-0.1, -0.05) is 71.7 Å². The maximum atomic E-state index is 14.0. The second kappa shape index (κ2) is 13.8. The number of nitrogens with zero attached hydrogens (tertiary/aromatic N) is 2. The normalized spacial score (nSPS) is 12.0. The Morgan fingerprint density at radius 1 is 0.974 bits per heavy atom. The van der Waals surface area contributed by atoms with Gasteiger partial charge < -0.3 is 10.2 Å². The van der Waals surface area contributed by atoms with Gasteiger partial charge >= 0.3 is 0 Å². The number of carbonyl (C=O) groups excluding carboxylic acids is 2. The van der Waals surface area contributed by atoms with Crippen LogP contribution < -0.4 is 9.62 Å². The topological polar surface area (TPSA) is 86.8 Å². The minimum atomic E-state index is -4.09. The van der Waals surface area contributed by atoms with Crippen LogP contribution in [0.1, 0.15) is 43.4 Å². The molecule has 1 N–H and O–H groups in total. The molecule has 9 heteroatoms. The average Bonchev–Trinajstić information content (AvgIpc) is 2.92. The van der Waals surface area contributed by atoms with E-state index in [1.807, 2.05) is 57.2 Å². The van der Waals surface area contributed by atoms with Crippen LogP contribution in [0.3, 0.4) is 0 Å². The van der Waals surface area contributed by atoms with Crippen molar-refractivity contribution in [2.45, 2.75) is 58.0 Å². The third-order valence-corrected chi connectivity index (χ3v) is 8.75. The first kappa shape index (κ1) is 30.4. The van der Waals surface area contributed by atoms with E-state index in [1.165, 1.54) is 17.0 Å².